The maximum Gasteiger partial charge on any atom is 0.250 e. The number of anilines is 2. The maximum atomic E-state index is 11.4. The number of hydrogen-bond acceptors (Lipinski definition) is 4. The van der Waals surface area contributed by atoms with Crippen molar-refractivity contribution in [1.82, 2.24) is 4.98 Å². The zero-order valence-electron chi connectivity index (χ0n) is 11.3. The van der Waals surface area contributed by atoms with E-state index in [0.717, 1.165) is 17.1 Å². The van der Waals surface area contributed by atoms with Gasteiger partial charge in [-0.1, -0.05) is 12.1 Å². The third-order valence-electron chi connectivity index (χ3n) is 2.62. The van der Waals surface area contributed by atoms with Crippen molar-refractivity contribution in [1.29, 1.82) is 0 Å². The molecule has 0 atom stereocenters. The number of benzene rings is 1. The van der Waals surface area contributed by atoms with Gasteiger partial charge in [-0.25, -0.2) is 0 Å². The first-order valence-corrected chi connectivity index (χ1v) is 6.30. The first kappa shape index (κ1) is 14.0. The van der Waals surface area contributed by atoms with E-state index in [1.807, 2.05) is 42.5 Å². The van der Waals surface area contributed by atoms with Gasteiger partial charge in [0.2, 0.25) is 5.91 Å². The van der Waals surface area contributed by atoms with E-state index in [-0.39, 0.29) is 12.5 Å². The summed E-state index contributed by atoms with van der Waals surface area (Å²) >= 11 is 0. The van der Waals surface area contributed by atoms with Crippen molar-refractivity contribution in [2.45, 2.75) is 6.54 Å². The molecule has 1 aromatic heterocycles. The SMILES string of the molecule is COCC(=O)Nc1cccc(NCc2ccccn2)c1. The van der Waals surface area contributed by atoms with Gasteiger partial charge in [0, 0.05) is 24.7 Å². The molecular weight excluding hydrogens is 254 g/mol. The first-order chi connectivity index (χ1) is 9.78. The lowest BCUT2D eigenvalue weighted by atomic mass is 10.2. The molecule has 0 radical (unpaired) electrons. The Kier molecular flexibility index (Phi) is 5.08. The van der Waals surface area contributed by atoms with Crippen LogP contribution in [-0.4, -0.2) is 24.6 Å². The molecule has 0 unspecified atom stereocenters. The second-order valence-corrected chi connectivity index (χ2v) is 4.24. The van der Waals surface area contributed by atoms with Crippen LogP contribution in [-0.2, 0) is 16.1 Å². The van der Waals surface area contributed by atoms with E-state index in [1.54, 1.807) is 6.20 Å². The van der Waals surface area contributed by atoms with E-state index in [4.69, 9.17) is 4.74 Å². The molecule has 2 rings (SSSR count). The topological polar surface area (TPSA) is 63.2 Å². The fraction of sp³-hybridized carbons (Fsp3) is 0.200. The number of carbonyl (C=O) groups is 1. The van der Waals surface area contributed by atoms with Crippen LogP contribution in [0.25, 0.3) is 0 Å². The molecule has 0 aliphatic heterocycles. The molecule has 1 amide bonds. The number of amides is 1. The van der Waals surface area contributed by atoms with E-state index in [9.17, 15) is 4.79 Å². The number of nitrogens with one attached hydrogen (secondary N) is 2. The normalized spacial score (nSPS) is 10.1. The molecule has 0 spiro atoms. The highest BCUT2D eigenvalue weighted by Crippen LogP contribution is 2.15. The number of nitrogens with zero attached hydrogens (tertiary/aromatic N) is 1. The van der Waals surface area contributed by atoms with Crippen molar-refractivity contribution in [2.75, 3.05) is 24.4 Å². The predicted molar refractivity (Wildman–Crippen MR) is 78.5 cm³/mol. The van der Waals surface area contributed by atoms with Crippen LogP contribution in [0.5, 0.6) is 0 Å². The predicted octanol–water partition coefficient (Wildman–Crippen LogP) is 2.28. The van der Waals surface area contributed by atoms with Gasteiger partial charge in [0.15, 0.2) is 0 Å². The van der Waals surface area contributed by atoms with Gasteiger partial charge in [0.1, 0.15) is 6.61 Å². The van der Waals surface area contributed by atoms with Crippen molar-refractivity contribution < 1.29 is 9.53 Å². The summed E-state index contributed by atoms with van der Waals surface area (Å²) in [5, 5.41) is 6.02. The summed E-state index contributed by atoms with van der Waals surface area (Å²) in [6.07, 6.45) is 1.76. The van der Waals surface area contributed by atoms with Crippen molar-refractivity contribution in [3.8, 4) is 0 Å². The minimum absolute atomic E-state index is 0.0472. The fourth-order valence-corrected chi connectivity index (χ4v) is 1.73. The first-order valence-electron chi connectivity index (χ1n) is 6.30. The lowest BCUT2D eigenvalue weighted by molar-refractivity contribution is -0.119. The Morgan fingerprint density at radius 1 is 1.20 bits per heavy atom. The molecule has 1 heterocycles. The van der Waals surface area contributed by atoms with Crippen LogP contribution in [0.15, 0.2) is 48.7 Å². The summed E-state index contributed by atoms with van der Waals surface area (Å²) in [5.74, 6) is -0.172. The fourth-order valence-electron chi connectivity index (χ4n) is 1.73. The second kappa shape index (κ2) is 7.25. The lowest BCUT2D eigenvalue weighted by Crippen LogP contribution is -2.17. The molecule has 0 bridgehead atoms. The van der Waals surface area contributed by atoms with Gasteiger partial charge in [-0.3, -0.25) is 9.78 Å². The van der Waals surface area contributed by atoms with Crippen LogP contribution in [0.2, 0.25) is 0 Å². The molecular formula is C15H17N3O2. The number of pyridine rings is 1. The number of carbonyl (C=O) groups excluding carboxylic acids is 1. The molecule has 0 aliphatic carbocycles. The molecule has 0 saturated heterocycles. The largest absolute Gasteiger partial charge is 0.379 e. The van der Waals surface area contributed by atoms with Crippen LogP contribution < -0.4 is 10.6 Å². The number of aromatic nitrogens is 1. The molecule has 2 N–H and O–H groups in total. The third-order valence-corrected chi connectivity index (χ3v) is 2.62. The van der Waals surface area contributed by atoms with Gasteiger partial charge in [0.05, 0.1) is 12.2 Å². The van der Waals surface area contributed by atoms with Crippen LogP contribution in [0.4, 0.5) is 11.4 Å². The Morgan fingerprint density at radius 2 is 2.05 bits per heavy atom. The highest BCUT2D eigenvalue weighted by Gasteiger charge is 2.02. The summed E-state index contributed by atoms with van der Waals surface area (Å²) in [5.41, 5.74) is 2.62. The molecule has 0 aliphatic rings. The minimum Gasteiger partial charge on any atom is -0.379 e. The van der Waals surface area contributed by atoms with Crippen LogP contribution in [0.3, 0.4) is 0 Å². The highest BCUT2D eigenvalue weighted by atomic mass is 16.5. The van der Waals surface area contributed by atoms with Gasteiger partial charge in [0.25, 0.3) is 0 Å². The van der Waals surface area contributed by atoms with E-state index < -0.39 is 0 Å². The van der Waals surface area contributed by atoms with Gasteiger partial charge >= 0.3 is 0 Å². The van der Waals surface area contributed by atoms with Crippen molar-refractivity contribution >= 4 is 17.3 Å². The van der Waals surface area contributed by atoms with E-state index in [0.29, 0.717) is 6.54 Å². The Bertz CT molecular complexity index is 558. The van der Waals surface area contributed by atoms with Gasteiger partial charge in [-0.05, 0) is 30.3 Å². The molecule has 0 fully saturated rings. The third kappa shape index (κ3) is 4.37. The lowest BCUT2D eigenvalue weighted by Gasteiger charge is -2.09. The number of hydrogen-bond donors (Lipinski definition) is 2. The van der Waals surface area contributed by atoms with E-state index in [1.165, 1.54) is 7.11 Å². The van der Waals surface area contributed by atoms with Crippen molar-refractivity contribution in [2.24, 2.45) is 0 Å². The Morgan fingerprint density at radius 3 is 2.80 bits per heavy atom. The summed E-state index contributed by atoms with van der Waals surface area (Å²) in [4.78, 5) is 15.7. The summed E-state index contributed by atoms with van der Waals surface area (Å²) in [7, 11) is 1.49. The summed E-state index contributed by atoms with van der Waals surface area (Å²) in [6.45, 7) is 0.682. The standard InChI is InChI=1S/C15H17N3O2/c1-20-11-15(19)18-13-7-4-6-12(9-13)17-10-14-5-2-3-8-16-14/h2-9,17H,10-11H2,1H3,(H,18,19). The van der Waals surface area contributed by atoms with Gasteiger partial charge in [-0.2, -0.15) is 0 Å². The van der Waals surface area contributed by atoms with Crippen LogP contribution in [0.1, 0.15) is 5.69 Å². The molecule has 0 saturated carbocycles. The summed E-state index contributed by atoms with van der Waals surface area (Å²) in [6, 6.07) is 13.3. The second-order valence-electron chi connectivity index (χ2n) is 4.24. The average Bonchev–Trinajstić information content (AvgIpc) is 2.47. The van der Waals surface area contributed by atoms with Crippen molar-refractivity contribution in [3.05, 3.63) is 54.4 Å². The monoisotopic (exact) mass is 271 g/mol. The van der Waals surface area contributed by atoms with Crippen LogP contribution >= 0.6 is 0 Å². The number of ether oxygens (including phenoxy) is 1. The minimum atomic E-state index is -0.172. The molecule has 20 heavy (non-hydrogen) atoms. The molecule has 104 valence electrons. The molecule has 2 aromatic rings. The Balaban J connectivity index is 1.94. The molecule has 5 nitrogen and oxygen atoms in total. The zero-order valence-corrected chi connectivity index (χ0v) is 11.3. The Hall–Kier alpha value is -2.40. The van der Waals surface area contributed by atoms with Gasteiger partial charge in [-0.15, -0.1) is 0 Å². The van der Waals surface area contributed by atoms with E-state index in [2.05, 4.69) is 15.6 Å². The summed E-state index contributed by atoms with van der Waals surface area (Å²) < 4.78 is 4.78. The van der Waals surface area contributed by atoms with Crippen LogP contribution in [0, 0.1) is 0 Å². The smallest absolute Gasteiger partial charge is 0.250 e. The quantitative estimate of drug-likeness (QED) is 0.846. The maximum absolute atomic E-state index is 11.4. The molecule has 1 aromatic carbocycles. The van der Waals surface area contributed by atoms with E-state index >= 15 is 0 Å². The highest BCUT2D eigenvalue weighted by molar-refractivity contribution is 5.92. The average molecular weight is 271 g/mol. The molecule has 5 heteroatoms. The Labute approximate surface area is 118 Å². The number of rotatable bonds is 6. The van der Waals surface area contributed by atoms with Gasteiger partial charge < -0.3 is 15.4 Å². The van der Waals surface area contributed by atoms with Crippen molar-refractivity contribution in [3.63, 3.8) is 0 Å². The zero-order chi connectivity index (χ0) is 14.2. The number of methoxy groups -OCH3 is 1.